The van der Waals surface area contributed by atoms with Crippen LogP contribution in [0.5, 0.6) is 0 Å². The van der Waals surface area contributed by atoms with Gasteiger partial charge in [-0.15, -0.1) is 0 Å². The van der Waals surface area contributed by atoms with Crippen molar-refractivity contribution in [3.05, 3.63) is 65.2 Å². The number of hydrogen-bond donors (Lipinski definition) is 1. The van der Waals surface area contributed by atoms with E-state index in [-0.39, 0.29) is 5.56 Å². The van der Waals surface area contributed by atoms with Crippen molar-refractivity contribution < 1.29 is 36.3 Å². The molecule has 0 saturated heterocycles. The van der Waals surface area contributed by atoms with Crippen molar-refractivity contribution in [1.82, 2.24) is 0 Å². The smallest absolute Gasteiger partial charge is 0.416 e. The van der Waals surface area contributed by atoms with Crippen LogP contribution in [0.2, 0.25) is 0 Å². The fourth-order valence-corrected chi connectivity index (χ4v) is 2.00. The molecule has 0 saturated carbocycles. The number of ether oxygens (including phenoxy) is 1. The molecule has 1 amide bonds. The minimum atomic E-state index is -4.55. The van der Waals surface area contributed by atoms with E-state index in [9.17, 15) is 31.5 Å². The summed E-state index contributed by atoms with van der Waals surface area (Å²) in [5.74, 6) is -3.52. The summed E-state index contributed by atoms with van der Waals surface area (Å²) in [5, 5.41) is 2.02. The summed E-state index contributed by atoms with van der Waals surface area (Å²) < 4.78 is 68.8. The Kier molecular flexibility index (Phi) is 5.91. The van der Waals surface area contributed by atoms with Gasteiger partial charge in [-0.05, 0) is 23.8 Å². The number of hydrogen-bond acceptors (Lipinski definition) is 3. The van der Waals surface area contributed by atoms with E-state index in [4.69, 9.17) is 0 Å². The molecule has 2 aromatic rings. The highest BCUT2D eigenvalue weighted by molar-refractivity contribution is 5.93. The number of amides is 1. The largest absolute Gasteiger partial charge is 0.455 e. The van der Waals surface area contributed by atoms with Crippen molar-refractivity contribution in [2.24, 2.45) is 0 Å². The monoisotopic (exact) mass is 373 g/mol. The Morgan fingerprint density at radius 1 is 1.04 bits per heavy atom. The van der Waals surface area contributed by atoms with Gasteiger partial charge >= 0.3 is 12.1 Å². The van der Waals surface area contributed by atoms with Crippen molar-refractivity contribution in [3.63, 3.8) is 0 Å². The third kappa shape index (κ3) is 5.54. The Labute approximate surface area is 144 Å². The molecule has 0 aliphatic heterocycles. The van der Waals surface area contributed by atoms with Crippen LogP contribution in [0.15, 0.2) is 42.5 Å². The molecule has 1 N–H and O–H groups in total. The zero-order valence-corrected chi connectivity index (χ0v) is 13.1. The summed E-state index contributed by atoms with van der Waals surface area (Å²) in [6, 6.07) is 6.52. The number of rotatable bonds is 5. The van der Waals surface area contributed by atoms with Crippen LogP contribution >= 0.6 is 0 Å². The van der Waals surface area contributed by atoms with E-state index >= 15 is 0 Å². The van der Waals surface area contributed by atoms with Crippen LogP contribution in [0, 0.1) is 11.6 Å². The molecular formula is C17H12F5NO3. The summed E-state index contributed by atoms with van der Waals surface area (Å²) in [6.45, 7) is -0.798. The zero-order valence-electron chi connectivity index (χ0n) is 13.1. The molecule has 0 fully saturated rings. The van der Waals surface area contributed by atoms with E-state index in [2.05, 4.69) is 4.74 Å². The first-order valence-electron chi connectivity index (χ1n) is 7.22. The summed E-state index contributed by atoms with van der Waals surface area (Å²) >= 11 is 0. The predicted octanol–water partition coefficient (Wildman–Crippen LogP) is 3.71. The van der Waals surface area contributed by atoms with Crippen LogP contribution in [-0.4, -0.2) is 18.5 Å². The number of halogens is 5. The minimum Gasteiger partial charge on any atom is -0.455 e. The second kappa shape index (κ2) is 7.94. The number of carbonyl (C=O) groups excluding carboxylic acids is 2. The number of anilines is 1. The number of alkyl halides is 3. The van der Waals surface area contributed by atoms with Gasteiger partial charge in [-0.1, -0.05) is 18.2 Å². The van der Waals surface area contributed by atoms with Crippen LogP contribution in [0.25, 0.3) is 0 Å². The second-order valence-electron chi connectivity index (χ2n) is 5.21. The molecule has 2 aromatic carbocycles. The maximum atomic E-state index is 13.4. The molecule has 0 unspecified atom stereocenters. The normalized spacial score (nSPS) is 11.1. The Morgan fingerprint density at radius 2 is 1.77 bits per heavy atom. The molecule has 0 aliphatic carbocycles. The topological polar surface area (TPSA) is 55.4 Å². The summed E-state index contributed by atoms with van der Waals surface area (Å²) in [4.78, 5) is 23.2. The van der Waals surface area contributed by atoms with Gasteiger partial charge in [-0.2, -0.15) is 13.2 Å². The lowest BCUT2D eigenvalue weighted by Gasteiger charge is -2.09. The molecule has 0 aliphatic rings. The Bertz CT molecular complexity index is 820. The van der Waals surface area contributed by atoms with Gasteiger partial charge in [0.05, 0.1) is 17.7 Å². The van der Waals surface area contributed by atoms with Crippen molar-refractivity contribution in [3.8, 4) is 0 Å². The van der Waals surface area contributed by atoms with Crippen molar-refractivity contribution in [2.45, 2.75) is 12.6 Å². The van der Waals surface area contributed by atoms with Gasteiger partial charge < -0.3 is 10.1 Å². The second-order valence-corrected chi connectivity index (χ2v) is 5.21. The van der Waals surface area contributed by atoms with Crippen LogP contribution in [0.4, 0.5) is 27.6 Å². The Hall–Kier alpha value is -2.97. The maximum absolute atomic E-state index is 13.4. The van der Waals surface area contributed by atoms with Gasteiger partial charge in [0.15, 0.2) is 6.61 Å². The van der Waals surface area contributed by atoms with Crippen molar-refractivity contribution in [2.75, 3.05) is 11.9 Å². The molecule has 0 aromatic heterocycles. The lowest BCUT2D eigenvalue weighted by molar-refractivity contribution is -0.146. The minimum absolute atomic E-state index is 0.0569. The van der Waals surface area contributed by atoms with Crippen molar-refractivity contribution in [1.29, 1.82) is 0 Å². The van der Waals surface area contributed by atoms with Crippen LogP contribution in [0.1, 0.15) is 11.1 Å². The van der Waals surface area contributed by atoms with Gasteiger partial charge in [0.25, 0.3) is 5.91 Å². The van der Waals surface area contributed by atoms with E-state index in [1.54, 1.807) is 0 Å². The fraction of sp³-hybridized carbons (Fsp3) is 0.176. The van der Waals surface area contributed by atoms with E-state index < -0.39 is 54.0 Å². The SMILES string of the molecule is O=C(COC(=O)Cc1cccc(C(F)(F)F)c1)Nc1cc(F)ccc1F. The molecule has 138 valence electrons. The predicted molar refractivity (Wildman–Crippen MR) is 81.1 cm³/mol. The van der Waals surface area contributed by atoms with E-state index in [0.29, 0.717) is 0 Å². The fourth-order valence-electron chi connectivity index (χ4n) is 2.00. The molecule has 0 spiro atoms. The standard InChI is InChI=1S/C17H12F5NO3/c18-12-4-5-13(19)14(8-12)23-15(24)9-26-16(25)7-10-2-1-3-11(6-10)17(20,21)22/h1-6,8H,7,9H2,(H,23,24). The van der Waals surface area contributed by atoms with Gasteiger partial charge in [0.1, 0.15) is 11.6 Å². The maximum Gasteiger partial charge on any atom is 0.416 e. The highest BCUT2D eigenvalue weighted by Crippen LogP contribution is 2.29. The van der Waals surface area contributed by atoms with Crippen LogP contribution < -0.4 is 5.32 Å². The summed E-state index contributed by atoms with van der Waals surface area (Å²) in [7, 11) is 0. The van der Waals surface area contributed by atoms with Crippen LogP contribution in [-0.2, 0) is 26.9 Å². The van der Waals surface area contributed by atoms with E-state index in [1.807, 2.05) is 5.32 Å². The zero-order chi connectivity index (χ0) is 19.3. The number of carbonyl (C=O) groups is 2. The summed E-state index contributed by atoms with van der Waals surface area (Å²) in [5.41, 5.74) is -1.28. The van der Waals surface area contributed by atoms with E-state index in [0.717, 1.165) is 36.4 Å². The first-order valence-corrected chi connectivity index (χ1v) is 7.22. The molecule has 26 heavy (non-hydrogen) atoms. The average Bonchev–Trinajstić information content (AvgIpc) is 2.56. The summed E-state index contributed by atoms with van der Waals surface area (Å²) in [6.07, 6.45) is -5.03. The Balaban J connectivity index is 1.89. The quantitative estimate of drug-likeness (QED) is 0.642. The first-order chi connectivity index (χ1) is 12.1. The third-order valence-corrected chi connectivity index (χ3v) is 3.17. The molecule has 0 heterocycles. The molecule has 2 rings (SSSR count). The van der Waals surface area contributed by atoms with Gasteiger partial charge in [-0.3, -0.25) is 9.59 Å². The van der Waals surface area contributed by atoms with Crippen LogP contribution in [0.3, 0.4) is 0 Å². The number of benzene rings is 2. The molecular weight excluding hydrogens is 361 g/mol. The lowest BCUT2D eigenvalue weighted by Crippen LogP contribution is -2.22. The molecule has 0 atom stereocenters. The lowest BCUT2D eigenvalue weighted by atomic mass is 10.1. The molecule has 0 bridgehead atoms. The van der Waals surface area contributed by atoms with Gasteiger partial charge in [0, 0.05) is 6.07 Å². The highest BCUT2D eigenvalue weighted by atomic mass is 19.4. The van der Waals surface area contributed by atoms with E-state index in [1.165, 1.54) is 6.07 Å². The van der Waals surface area contributed by atoms with Crippen molar-refractivity contribution >= 4 is 17.6 Å². The molecule has 0 radical (unpaired) electrons. The number of nitrogens with one attached hydrogen (secondary N) is 1. The number of esters is 1. The first kappa shape index (κ1) is 19.4. The third-order valence-electron chi connectivity index (χ3n) is 3.17. The molecule has 9 heteroatoms. The Morgan fingerprint density at radius 3 is 2.46 bits per heavy atom. The average molecular weight is 373 g/mol. The van der Waals surface area contributed by atoms with Gasteiger partial charge in [-0.25, -0.2) is 8.78 Å². The van der Waals surface area contributed by atoms with Gasteiger partial charge in [0.2, 0.25) is 0 Å². The molecule has 4 nitrogen and oxygen atoms in total. The highest BCUT2D eigenvalue weighted by Gasteiger charge is 2.30.